The fourth-order valence-electron chi connectivity index (χ4n) is 2.33. The molecule has 0 amide bonds. The Bertz CT molecular complexity index is 843. The summed E-state index contributed by atoms with van der Waals surface area (Å²) in [5.41, 5.74) is 2.11. The van der Waals surface area contributed by atoms with E-state index in [2.05, 4.69) is 14.7 Å². The van der Waals surface area contributed by atoms with Crippen LogP contribution in [0.2, 0.25) is 0 Å². The number of sulfonamides is 1. The third-order valence-corrected chi connectivity index (χ3v) is 4.86. The molecule has 1 heterocycles. The van der Waals surface area contributed by atoms with Gasteiger partial charge in [-0.15, -0.1) is 0 Å². The van der Waals surface area contributed by atoms with Gasteiger partial charge in [0.1, 0.15) is 5.75 Å². The molecule has 2 rings (SSSR count). The molecular formula is C17H23N3O4S. The monoisotopic (exact) mass is 365 g/mol. The van der Waals surface area contributed by atoms with Gasteiger partial charge in [0, 0.05) is 0 Å². The maximum absolute atomic E-state index is 12.7. The van der Waals surface area contributed by atoms with Crippen molar-refractivity contribution in [3.05, 3.63) is 35.2 Å². The molecule has 0 saturated heterocycles. The lowest BCUT2D eigenvalue weighted by molar-refractivity contribution is 0.311. The first kappa shape index (κ1) is 19.0. The topological polar surface area (TPSA) is 90.4 Å². The fraction of sp³-hybridized carbons (Fsp3) is 0.412. The van der Waals surface area contributed by atoms with Gasteiger partial charge in [0.2, 0.25) is 0 Å². The Morgan fingerprint density at radius 3 is 2.12 bits per heavy atom. The second-order valence-electron chi connectivity index (χ2n) is 5.45. The standard InChI is InChI=1S/C17H23N3O4S/c1-6-23-15-9-8-14(10-11(15)3)25(21,22)20-16-12(4)18-17(24-7-2)19-13(16)5/h8-10,20H,6-7H2,1-5H3. The van der Waals surface area contributed by atoms with Crippen molar-refractivity contribution in [1.82, 2.24) is 9.97 Å². The number of benzene rings is 1. The second kappa shape index (κ2) is 7.69. The lowest BCUT2D eigenvalue weighted by Crippen LogP contribution is -2.16. The summed E-state index contributed by atoms with van der Waals surface area (Å²) in [5, 5.41) is 0. The number of nitrogens with one attached hydrogen (secondary N) is 1. The average molecular weight is 365 g/mol. The zero-order valence-electron chi connectivity index (χ0n) is 15.1. The first-order chi connectivity index (χ1) is 11.8. The molecule has 0 radical (unpaired) electrons. The summed E-state index contributed by atoms with van der Waals surface area (Å²) >= 11 is 0. The Balaban J connectivity index is 2.34. The number of anilines is 1. The number of hydrogen-bond acceptors (Lipinski definition) is 6. The van der Waals surface area contributed by atoms with Crippen LogP contribution in [0.25, 0.3) is 0 Å². The van der Waals surface area contributed by atoms with Crippen LogP contribution < -0.4 is 14.2 Å². The van der Waals surface area contributed by atoms with E-state index in [4.69, 9.17) is 9.47 Å². The number of ether oxygens (including phenoxy) is 2. The number of rotatable bonds is 7. The first-order valence-corrected chi connectivity index (χ1v) is 9.51. The molecule has 1 aromatic heterocycles. The maximum atomic E-state index is 12.7. The lowest BCUT2D eigenvalue weighted by Gasteiger charge is -2.14. The number of aryl methyl sites for hydroxylation is 3. The highest BCUT2D eigenvalue weighted by Crippen LogP contribution is 2.26. The van der Waals surface area contributed by atoms with Gasteiger partial charge in [0.05, 0.1) is 35.2 Å². The number of nitrogens with zero attached hydrogens (tertiary/aromatic N) is 2. The van der Waals surface area contributed by atoms with Crippen LogP contribution in [0.4, 0.5) is 5.69 Å². The quantitative estimate of drug-likeness (QED) is 0.811. The van der Waals surface area contributed by atoms with Crippen molar-refractivity contribution >= 4 is 15.7 Å². The van der Waals surface area contributed by atoms with Crippen molar-refractivity contribution < 1.29 is 17.9 Å². The third-order valence-electron chi connectivity index (χ3n) is 3.52. The summed E-state index contributed by atoms with van der Waals surface area (Å²) in [6.07, 6.45) is 0. The Morgan fingerprint density at radius 1 is 1.00 bits per heavy atom. The van der Waals surface area contributed by atoms with Gasteiger partial charge in [-0.1, -0.05) is 0 Å². The molecule has 8 heteroatoms. The largest absolute Gasteiger partial charge is 0.494 e. The van der Waals surface area contributed by atoms with Crippen LogP contribution in [0.1, 0.15) is 30.8 Å². The van der Waals surface area contributed by atoms with E-state index >= 15 is 0 Å². The molecule has 0 aliphatic rings. The summed E-state index contributed by atoms with van der Waals surface area (Å²) in [5.74, 6) is 0.665. The van der Waals surface area contributed by atoms with Crippen LogP contribution in [0.5, 0.6) is 11.8 Å². The summed E-state index contributed by atoms with van der Waals surface area (Å²) in [4.78, 5) is 8.51. The van der Waals surface area contributed by atoms with E-state index in [1.807, 2.05) is 13.8 Å². The predicted molar refractivity (Wildman–Crippen MR) is 95.8 cm³/mol. The van der Waals surface area contributed by atoms with Gasteiger partial charge in [-0.05, 0) is 58.4 Å². The van der Waals surface area contributed by atoms with E-state index in [0.717, 1.165) is 5.56 Å². The molecule has 25 heavy (non-hydrogen) atoms. The van der Waals surface area contributed by atoms with Gasteiger partial charge in [0.15, 0.2) is 0 Å². The SMILES string of the molecule is CCOc1nc(C)c(NS(=O)(=O)c2ccc(OCC)c(C)c2)c(C)n1. The molecule has 136 valence electrons. The molecule has 1 N–H and O–H groups in total. The highest BCUT2D eigenvalue weighted by atomic mass is 32.2. The molecule has 0 unspecified atom stereocenters. The van der Waals surface area contributed by atoms with Crippen molar-refractivity contribution in [3.8, 4) is 11.8 Å². The third kappa shape index (κ3) is 4.39. The van der Waals surface area contributed by atoms with Crippen LogP contribution in [0.15, 0.2) is 23.1 Å². The number of aromatic nitrogens is 2. The highest BCUT2D eigenvalue weighted by Gasteiger charge is 2.19. The summed E-state index contributed by atoms with van der Waals surface area (Å²) in [7, 11) is -3.76. The zero-order chi connectivity index (χ0) is 18.6. The van der Waals surface area contributed by atoms with E-state index in [0.29, 0.717) is 36.0 Å². The number of hydrogen-bond donors (Lipinski definition) is 1. The van der Waals surface area contributed by atoms with E-state index < -0.39 is 10.0 Å². The van der Waals surface area contributed by atoms with E-state index in [1.165, 1.54) is 6.07 Å². The molecule has 0 bridgehead atoms. The van der Waals surface area contributed by atoms with Crippen molar-refractivity contribution in [2.24, 2.45) is 0 Å². The van der Waals surface area contributed by atoms with Gasteiger partial charge in [-0.3, -0.25) is 4.72 Å². The Kier molecular flexibility index (Phi) is 5.84. The van der Waals surface area contributed by atoms with Gasteiger partial charge in [0.25, 0.3) is 10.0 Å². The minimum Gasteiger partial charge on any atom is -0.494 e. The summed E-state index contributed by atoms with van der Waals surface area (Å²) in [6, 6.07) is 4.98. The van der Waals surface area contributed by atoms with Crippen LogP contribution in [0.3, 0.4) is 0 Å². The maximum Gasteiger partial charge on any atom is 0.316 e. The van der Waals surface area contributed by atoms with Crippen molar-refractivity contribution in [1.29, 1.82) is 0 Å². The lowest BCUT2D eigenvalue weighted by atomic mass is 10.2. The summed E-state index contributed by atoms with van der Waals surface area (Å²) in [6.45, 7) is 9.89. The summed E-state index contributed by atoms with van der Waals surface area (Å²) < 4.78 is 38.7. The Labute approximate surface area is 148 Å². The molecule has 7 nitrogen and oxygen atoms in total. The predicted octanol–water partition coefficient (Wildman–Crippen LogP) is 3.00. The molecule has 0 spiro atoms. The van der Waals surface area contributed by atoms with Crippen LogP contribution in [-0.4, -0.2) is 31.6 Å². The fourth-order valence-corrected chi connectivity index (χ4v) is 3.59. The average Bonchev–Trinajstić information content (AvgIpc) is 2.53. The molecule has 0 saturated carbocycles. The van der Waals surface area contributed by atoms with E-state index in [9.17, 15) is 8.42 Å². The molecule has 0 fully saturated rings. The smallest absolute Gasteiger partial charge is 0.316 e. The highest BCUT2D eigenvalue weighted by molar-refractivity contribution is 7.92. The first-order valence-electron chi connectivity index (χ1n) is 8.02. The van der Waals surface area contributed by atoms with Gasteiger partial charge in [-0.25, -0.2) is 8.42 Å². The molecule has 0 aliphatic carbocycles. The molecule has 2 aromatic rings. The van der Waals surface area contributed by atoms with E-state index in [-0.39, 0.29) is 10.9 Å². The minimum atomic E-state index is -3.76. The van der Waals surface area contributed by atoms with Crippen LogP contribution >= 0.6 is 0 Å². The Morgan fingerprint density at radius 2 is 1.60 bits per heavy atom. The molecule has 1 aromatic carbocycles. The minimum absolute atomic E-state index is 0.154. The molecule has 0 atom stereocenters. The van der Waals surface area contributed by atoms with Crippen LogP contribution in [-0.2, 0) is 10.0 Å². The van der Waals surface area contributed by atoms with Gasteiger partial charge < -0.3 is 9.47 Å². The molecule has 0 aliphatic heterocycles. The van der Waals surface area contributed by atoms with Gasteiger partial charge >= 0.3 is 6.01 Å². The van der Waals surface area contributed by atoms with Crippen molar-refractivity contribution in [2.45, 2.75) is 39.5 Å². The van der Waals surface area contributed by atoms with Gasteiger partial charge in [-0.2, -0.15) is 9.97 Å². The van der Waals surface area contributed by atoms with E-state index in [1.54, 1.807) is 32.9 Å². The second-order valence-corrected chi connectivity index (χ2v) is 7.13. The Hall–Kier alpha value is -2.35. The van der Waals surface area contributed by atoms with Crippen molar-refractivity contribution in [2.75, 3.05) is 17.9 Å². The molecular weight excluding hydrogens is 342 g/mol. The zero-order valence-corrected chi connectivity index (χ0v) is 15.9. The van der Waals surface area contributed by atoms with Crippen LogP contribution in [0, 0.1) is 20.8 Å². The normalized spacial score (nSPS) is 11.2. The van der Waals surface area contributed by atoms with Crippen molar-refractivity contribution in [3.63, 3.8) is 0 Å².